The normalized spacial score (nSPS) is 10.2. The lowest BCUT2D eigenvalue weighted by molar-refractivity contribution is -0.143. The Morgan fingerprint density at radius 2 is 1.91 bits per heavy atom. The summed E-state index contributed by atoms with van der Waals surface area (Å²) in [5, 5.41) is 3.11. The molecule has 0 aliphatic carbocycles. The van der Waals surface area contributed by atoms with E-state index in [-0.39, 0.29) is 23.7 Å². The topological polar surface area (TPSA) is 55.4 Å². The Hall–Kier alpha value is -1.56. The Morgan fingerprint density at radius 1 is 1.13 bits per heavy atom. The van der Waals surface area contributed by atoms with Gasteiger partial charge in [0, 0.05) is 9.50 Å². The van der Waals surface area contributed by atoms with Gasteiger partial charge in [0.2, 0.25) is 0 Å². The van der Waals surface area contributed by atoms with Gasteiger partial charge in [0.05, 0.1) is 10.6 Å². The second-order valence-corrected chi connectivity index (χ2v) is 6.36. The van der Waals surface area contributed by atoms with Gasteiger partial charge in [-0.25, -0.2) is 0 Å². The molecule has 2 rings (SSSR count). The first kappa shape index (κ1) is 17.8. The van der Waals surface area contributed by atoms with Crippen LogP contribution in [-0.4, -0.2) is 18.4 Å². The van der Waals surface area contributed by atoms with E-state index in [1.54, 1.807) is 6.07 Å². The number of rotatable bonds is 5. The molecule has 0 saturated carbocycles. The first-order valence-corrected chi connectivity index (χ1v) is 8.14. The van der Waals surface area contributed by atoms with Crippen LogP contribution in [0.25, 0.3) is 0 Å². The monoisotopic (exact) mass is 415 g/mol. The van der Waals surface area contributed by atoms with E-state index in [1.807, 2.05) is 24.3 Å². The molecular formula is C16H12BrCl2NO3. The van der Waals surface area contributed by atoms with Crippen LogP contribution < -0.4 is 5.32 Å². The molecule has 0 radical (unpaired) electrons. The van der Waals surface area contributed by atoms with Gasteiger partial charge in [-0.2, -0.15) is 0 Å². The van der Waals surface area contributed by atoms with Crippen molar-refractivity contribution < 1.29 is 14.3 Å². The van der Waals surface area contributed by atoms with E-state index >= 15 is 0 Å². The molecule has 1 N–H and O–H groups in total. The molecule has 23 heavy (non-hydrogen) atoms. The van der Waals surface area contributed by atoms with Crippen LogP contribution in [0.4, 0.5) is 0 Å². The van der Waals surface area contributed by atoms with Gasteiger partial charge < -0.3 is 10.1 Å². The lowest BCUT2D eigenvalue weighted by atomic mass is 10.2. The fourth-order valence-corrected chi connectivity index (χ4v) is 2.70. The average molecular weight is 417 g/mol. The van der Waals surface area contributed by atoms with Gasteiger partial charge in [0.25, 0.3) is 5.91 Å². The van der Waals surface area contributed by atoms with E-state index in [0.29, 0.717) is 5.02 Å². The molecule has 0 bridgehead atoms. The smallest absolute Gasteiger partial charge is 0.325 e. The van der Waals surface area contributed by atoms with Crippen molar-refractivity contribution in [3.63, 3.8) is 0 Å². The lowest BCUT2D eigenvalue weighted by Gasteiger charge is -2.08. The molecule has 0 heterocycles. The molecule has 7 heteroatoms. The second kappa shape index (κ2) is 8.34. The van der Waals surface area contributed by atoms with Crippen LogP contribution in [0, 0.1) is 0 Å². The predicted octanol–water partition coefficient (Wildman–Crippen LogP) is 4.23. The second-order valence-electron chi connectivity index (χ2n) is 4.60. The van der Waals surface area contributed by atoms with Gasteiger partial charge in [0.15, 0.2) is 0 Å². The van der Waals surface area contributed by atoms with Crippen LogP contribution in [0.5, 0.6) is 0 Å². The summed E-state index contributed by atoms with van der Waals surface area (Å²) in [7, 11) is 0. The van der Waals surface area contributed by atoms with Crippen molar-refractivity contribution in [2.75, 3.05) is 6.54 Å². The van der Waals surface area contributed by atoms with Crippen molar-refractivity contribution in [1.82, 2.24) is 5.32 Å². The number of carbonyl (C=O) groups is 2. The van der Waals surface area contributed by atoms with Gasteiger partial charge in [-0.3, -0.25) is 9.59 Å². The Bertz CT molecular complexity index is 737. The van der Waals surface area contributed by atoms with Crippen molar-refractivity contribution in [1.29, 1.82) is 0 Å². The van der Waals surface area contributed by atoms with Crippen molar-refractivity contribution in [3.05, 3.63) is 68.1 Å². The van der Waals surface area contributed by atoms with Gasteiger partial charge >= 0.3 is 5.97 Å². The number of nitrogens with one attached hydrogen (secondary N) is 1. The molecule has 0 spiro atoms. The molecule has 0 aliphatic heterocycles. The summed E-state index contributed by atoms with van der Waals surface area (Å²) in [4.78, 5) is 23.6. The molecule has 0 aliphatic rings. The van der Waals surface area contributed by atoms with Crippen LogP contribution in [0.15, 0.2) is 46.9 Å². The van der Waals surface area contributed by atoms with E-state index in [1.165, 1.54) is 12.1 Å². The van der Waals surface area contributed by atoms with Gasteiger partial charge in [-0.1, -0.05) is 51.3 Å². The fourth-order valence-electron chi connectivity index (χ4n) is 1.76. The van der Waals surface area contributed by atoms with Crippen molar-refractivity contribution in [3.8, 4) is 0 Å². The number of esters is 1. The molecule has 0 unspecified atom stereocenters. The molecule has 1 amide bonds. The van der Waals surface area contributed by atoms with Gasteiger partial charge in [0.1, 0.15) is 13.2 Å². The molecule has 0 saturated heterocycles. The number of ether oxygens (including phenoxy) is 1. The first-order valence-electron chi connectivity index (χ1n) is 6.59. The molecule has 2 aromatic rings. The summed E-state index contributed by atoms with van der Waals surface area (Å²) < 4.78 is 5.99. The SMILES string of the molecule is O=C(CNC(=O)c1ccc(Cl)cc1Cl)OCc1cccc(Br)c1. The standard InChI is InChI=1S/C16H12BrCl2NO3/c17-11-3-1-2-10(6-11)9-23-15(21)8-20-16(22)13-5-4-12(18)7-14(13)19/h1-7H,8-9H2,(H,20,22). The van der Waals surface area contributed by atoms with Crippen LogP contribution in [0.2, 0.25) is 10.0 Å². The largest absolute Gasteiger partial charge is 0.460 e. The summed E-state index contributed by atoms with van der Waals surface area (Å²) in [6.45, 7) is -0.109. The zero-order valence-corrected chi connectivity index (χ0v) is 14.9. The number of benzene rings is 2. The highest BCUT2D eigenvalue weighted by Gasteiger charge is 2.12. The number of hydrogen-bond donors (Lipinski definition) is 1. The Kier molecular flexibility index (Phi) is 6.45. The molecule has 4 nitrogen and oxygen atoms in total. The lowest BCUT2D eigenvalue weighted by Crippen LogP contribution is -2.30. The summed E-state index contributed by atoms with van der Waals surface area (Å²) >= 11 is 15.0. The Morgan fingerprint density at radius 3 is 2.61 bits per heavy atom. The highest BCUT2D eigenvalue weighted by molar-refractivity contribution is 9.10. The van der Waals surface area contributed by atoms with Crippen molar-refractivity contribution in [2.24, 2.45) is 0 Å². The van der Waals surface area contributed by atoms with E-state index in [9.17, 15) is 9.59 Å². The summed E-state index contributed by atoms with van der Waals surface area (Å²) in [6, 6.07) is 11.9. The highest BCUT2D eigenvalue weighted by atomic mass is 79.9. The van der Waals surface area contributed by atoms with Crippen LogP contribution in [0.1, 0.15) is 15.9 Å². The van der Waals surface area contributed by atoms with E-state index in [2.05, 4.69) is 21.2 Å². The third-order valence-corrected chi connectivity index (χ3v) is 3.90. The van der Waals surface area contributed by atoms with E-state index < -0.39 is 11.9 Å². The van der Waals surface area contributed by atoms with Crippen LogP contribution in [-0.2, 0) is 16.1 Å². The van der Waals surface area contributed by atoms with Crippen molar-refractivity contribution in [2.45, 2.75) is 6.61 Å². The first-order chi connectivity index (χ1) is 11.0. The van der Waals surface area contributed by atoms with Crippen LogP contribution >= 0.6 is 39.1 Å². The maximum atomic E-state index is 11.9. The van der Waals surface area contributed by atoms with Crippen LogP contribution in [0.3, 0.4) is 0 Å². The summed E-state index contributed by atoms with van der Waals surface area (Å²) in [5.74, 6) is -1.01. The van der Waals surface area contributed by atoms with E-state index in [4.69, 9.17) is 27.9 Å². The summed E-state index contributed by atoms with van der Waals surface area (Å²) in [6.07, 6.45) is 0. The zero-order chi connectivity index (χ0) is 16.8. The number of halogens is 3. The third-order valence-electron chi connectivity index (χ3n) is 2.86. The fraction of sp³-hybridized carbons (Fsp3) is 0.125. The molecule has 0 fully saturated rings. The Labute approximate surface area is 151 Å². The Balaban J connectivity index is 1.83. The zero-order valence-electron chi connectivity index (χ0n) is 11.8. The van der Waals surface area contributed by atoms with Gasteiger partial charge in [-0.05, 0) is 35.9 Å². The minimum Gasteiger partial charge on any atom is -0.460 e. The average Bonchev–Trinajstić information content (AvgIpc) is 2.50. The third kappa shape index (κ3) is 5.53. The minimum absolute atomic E-state index is 0.135. The van der Waals surface area contributed by atoms with Gasteiger partial charge in [-0.15, -0.1) is 0 Å². The summed E-state index contributed by atoms with van der Waals surface area (Å²) in [5.41, 5.74) is 1.09. The molecule has 0 atom stereocenters. The molecule has 2 aromatic carbocycles. The molecular weight excluding hydrogens is 405 g/mol. The molecule has 120 valence electrons. The number of carbonyl (C=O) groups excluding carboxylic acids is 2. The highest BCUT2D eigenvalue weighted by Crippen LogP contribution is 2.20. The maximum Gasteiger partial charge on any atom is 0.325 e. The number of amides is 1. The quantitative estimate of drug-likeness (QED) is 0.742. The molecule has 0 aromatic heterocycles. The predicted molar refractivity (Wildman–Crippen MR) is 92.7 cm³/mol. The number of hydrogen-bond acceptors (Lipinski definition) is 3. The minimum atomic E-state index is -0.539. The maximum absolute atomic E-state index is 11.9. The van der Waals surface area contributed by atoms with E-state index in [0.717, 1.165) is 10.0 Å². The van der Waals surface area contributed by atoms with Crippen molar-refractivity contribution >= 4 is 51.0 Å².